The van der Waals surface area contributed by atoms with Crippen molar-refractivity contribution in [1.29, 1.82) is 0 Å². The maximum absolute atomic E-state index is 2.36. The molecule has 0 unspecified atom stereocenters. The smallest absolute Gasteiger partial charge is 1.00 e. The largest absolute Gasteiger partial charge is 4.00 e. The molecule has 0 spiro atoms. The molecule has 8 aromatic rings. The molecule has 0 N–H and O–H groups in total. The van der Waals surface area contributed by atoms with E-state index in [1.165, 1.54) is 87.6 Å². The van der Waals surface area contributed by atoms with Crippen molar-refractivity contribution < 1.29 is 51.0 Å². The minimum absolute atomic E-state index is 0. The van der Waals surface area contributed by atoms with Crippen LogP contribution in [-0.4, -0.2) is 0 Å². The molecule has 0 aromatic heterocycles. The van der Waals surface area contributed by atoms with Crippen LogP contribution in [0.25, 0.3) is 66.4 Å². The minimum atomic E-state index is 0. The summed E-state index contributed by atoms with van der Waals surface area (Å²) in [7, 11) is 0. The maximum atomic E-state index is 2.36. The Morgan fingerprint density at radius 1 is 0.404 bits per heavy atom. The van der Waals surface area contributed by atoms with Crippen LogP contribution in [-0.2, 0) is 39.0 Å². The van der Waals surface area contributed by atoms with Crippen LogP contribution in [0.1, 0.15) is 33.4 Å². The van der Waals surface area contributed by atoms with Crippen molar-refractivity contribution in [1.82, 2.24) is 0 Å². The third-order valence-electron chi connectivity index (χ3n) is 9.37. The first-order valence-corrected chi connectivity index (χ1v) is 15.5. The zero-order chi connectivity index (χ0) is 29.0. The first kappa shape index (κ1) is 32.9. The summed E-state index contributed by atoms with van der Waals surface area (Å²) >= 11 is 0. The van der Waals surface area contributed by atoms with Crippen LogP contribution in [0.5, 0.6) is 0 Å². The minimum Gasteiger partial charge on any atom is -1.00 e. The molecule has 224 valence electrons. The molecule has 0 fully saturated rings. The second-order valence-electron chi connectivity index (χ2n) is 12.2. The third-order valence-corrected chi connectivity index (χ3v) is 9.37. The van der Waals surface area contributed by atoms with Gasteiger partial charge < -0.3 is 24.8 Å². The van der Waals surface area contributed by atoms with Gasteiger partial charge in [0.2, 0.25) is 0 Å². The second kappa shape index (κ2) is 13.6. The van der Waals surface area contributed by atoms with Crippen LogP contribution < -0.4 is 24.8 Å². The molecule has 0 saturated carbocycles. The Hall–Kier alpha value is -4.00. The first-order chi connectivity index (χ1) is 21.8. The molecule has 0 nitrogen and oxygen atoms in total. The number of rotatable bonds is 4. The van der Waals surface area contributed by atoms with Crippen molar-refractivity contribution >= 4 is 66.4 Å². The molecule has 0 amide bonds. The topological polar surface area (TPSA) is 0 Å². The molecule has 0 bridgehead atoms. The van der Waals surface area contributed by atoms with Crippen molar-refractivity contribution in [2.24, 2.45) is 0 Å². The van der Waals surface area contributed by atoms with E-state index in [1.807, 2.05) is 0 Å². The average molecular weight is 721 g/mol. The number of hydrogen-bond donors (Lipinski definition) is 0. The Morgan fingerprint density at radius 3 is 1.21 bits per heavy atom. The van der Waals surface area contributed by atoms with Crippen molar-refractivity contribution in [2.45, 2.75) is 12.8 Å². The molecule has 2 aliphatic rings. The molecule has 8 aromatic carbocycles. The Labute approximate surface area is 307 Å². The van der Waals surface area contributed by atoms with Crippen LogP contribution in [0.15, 0.2) is 146 Å². The molecule has 10 rings (SSSR count). The van der Waals surface area contributed by atoms with Gasteiger partial charge in [-0.3, -0.25) is 0 Å². The van der Waals surface area contributed by atoms with Gasteiger partial charge in [0, 0.05) is 0 Å². The van der Waals surface area contributed by atoms with E-state index in [-0.39, 0.29) is 51.0 Å². The fourth-order valence-electron chi connectivity index (χ4n) is 7.41. The van der Waals surface area contributed by atoms with E-state index >= 15 is 0 Å². The Bertz CT molecular complexity index is 2200. The number of fused-ring (bicyclic) bond motifs is 2. The average Bonchev–Trinajstić information content (AvgIpc) is 3.83. The van der Waals surface area contributed by atoms with E-state index in [0.29, 0.717) is 0 Å². The van der Waals surface area contributed by atoms with Gasteiger partial charge in [0.15, 0.2) is 0 Å². The molecular weight excluding hydrogens is 691 g/mol. The van der Waals surface area contributed by atoms with Gasteiger partial charge in [-0.15, -0.1) is 81.2 Å². The monoisotopic (exact) mass is 718 g/mol. The van der Waals surface area contributed by atoms with Crippen molar-refractivity contribution in [3.8, 4) is 0 Å². The number of halogens is 2. The van der Waals surface area contributed by atoms with Gasteiger partial charge in [-0.25, -0.2) is 0 Å². The molecule has 0 radical (unpaired) electrons. The van der Waals surface area contributed by atoms with Gasteiger partial charge in [-0.2, -0.15) is 12.1 Å². The predicted octanol–water partition coefficient (Wildman–Crippen LogP) is 5.62. The summed E-state index contributed by atoms with van der Waals surface area (Å²) in [5, 5.41) is 10.9. The standard InChI is InChI=1S/2C22H15.2ClH.Zr/c2*1-2-6-18-12-15(11-17(18)5-1)13-20-14-19-9-3-7-16-8-4-10-21(20)22(16)19;;;/h2*1-12,14H,13H2;2*1H;/q2*-1;;;+4/p-2. The summed E-state index contributed by atoms with van der Waals surface area (Å²) in [6.45, 7) is 0. The SMILES string of the molecule is C1=C(Cc2cc3ccccc3[cH-]2)c2cccc3cccc1c23.C1=C(Cc2cc3ccccc3[cH-]2)c2cccc3cccc1c23.[Cl-].[Cl-].[Zr+4]. The van der Waals surface area contributed by atoms with E-state index in [2.05, 4.69) is 158 Å². The molecule has 0 heterocycles. The van der Waals surface area contributed by atoms with Crippen LogP contribution in [0, 0.1) is 0 Å². The summed E-state index contributed by atoms with van der Waals surface area (Å²) in [5.74, 6) is 0. The summed E-state index contributed by atoms with van der Waals surface area (Å²) in [5.41, 5.74) is 11.2. The van der Waals surface area contributed by atoms with E-state index in [1.54, 1.807) is 0 Å². The Kier molecular flexibility index (Phi) is 9.54. The fraction of sp³-hybridized carbons (Fsp3) is 0.0455. The fourth-order valence-corrected chi connectivity index (χ4v) is 7.41. The van der Waals surface area contributed by atoms with Crippen LogP contribution >= 0.6 is 0 Å². The van der Waals surface area contributed by atoms with Crippen molar-refractivity contribution in [2.75, 3.05) is 0 Å². The second-order valence-corrected chi connectivity index (χ2v) is 12.2. The molecular formula is C44H30Cl2Zr. The van der Waals surface area contributed by atoms with E-state index in [4.69, 9.17) is 0 Å². The van der Waals surface area contributed by atoms with E-state index < -0.39 is 0 Å². The maximum Gasteiger partial charge on any atom is 4.00 e. The zero-order valence-corrected chi connectivity index (χ0v) is 29.7. The van der Waals surface area contributed by atoms with Gasteiger partial charge in [-0.05, 0) is 67.8 Å². The first-order valence-electron chi connectivity index (χ1n) is 15.5. The van der Waals surface area contributed by atoms with Gasteiger partial charge in [-0.1, -0.05) is 97.1 Å². The molecule has 0 aliphatic heterocycles. The van der Waals surface area contributed by atoms with Gasteiger partial charge >= 0.3 is 26.2 Å². The van der Waals surface area contributed by atoms with Gasteiger partial charge in [0.05, 0.1) is 0 Å². The summed E-state index contributed by atoms with van der Waals surface area (Å²) in [4.78, 5) is 0. The molecule has 0 atom stereocenters. The van der Waals surface area contributed by atoms with Crippen LogP contribution in [0.2, 0.25) is 0 Å². The zero-order valence-electron chi connectivity index (χ0n) is 25.7. The van der Waals surface area contributed by atoms with Crippen molar-refractivity contribution in [3.05, 3.63) is 179 Å². The summed E-state index contributed by atoms with van der Waals surface area (Å²) in [6, 6.07) is 52.9. The summed E-state index contributed by atoms with van der Waals surface area (Å²) < 4.78 is 0. The van der Waals surface area contributed by atoms with Crippen molar-refractivity contribution in [3.63, 3.8) is 0 Å². The Morgan fingerprint density at radius 2 is 0.787 bits per heavy atom. The quantitative estimate of drug-likeness (QED) is 0.207. The van der Waals surface area contributed by atoms with Crippen LogP contribution in [0.4, 0.5) is 0 Å². The van der Waals surface area contributed by atoms with E-state index in [0.717, 1.165) is 12.8 Å². The predicted molar refractivity (Wildman–Crippen MR) is 190 cm³/mol. The third kappa shape index (κ3) is 5.98. The number of benzene rings is 6. The molecule has 0 saturated heterocycles. The number of hydrogen-bond acceptors (Lipinski definition) is 0. The number of allylic oxidation sites excluding steroid dienone is 2. The summed E-state index contributed by atoms with van der Waals surface area (Å²) in [6.07, 6.45) is 6.72. The molecule has 3 heteroatoms. The van der Waals surface area contributed by atoms with Crippen LogP contribution in [0.3, 0.4) is 0 Å². The van der Waals surface area contributed by atoms with Gasteiger partial charge in [0.1, 0.15) is 0 Å². The van der Waals surface area contributed by atoms with Gasteiger partial charge in [0.25, 0.3) is 0 Å². The molecule has 47 heavy (non-hydrogen) atoms. The molecule has 2 aliphatic carbocycles. The normalized spacial score (nSPS) is 12.2. The van der Waals surface area contributed by atoms with E-state index in [9.17, 15) is 0 Å². The Balaban J connectivity index is 0.000000155.